The number of aromatic amines is 1. The molecule has 1 N–H and O–H groups in total. The van der Waals surface area contributed by atoms with E-state index in [-0.39, 0.29) is 28.4 Å². The van der Waals surface area contributed by atoms with E-state index in [1.807, 2.05) is 18.2 Å². The van der Waals surface area contributed by atoms with E-state index in [1.165, 1.54) is 11.8 Å². The summed E-state index contributed by atoms with van der Waals surface area (Å²) >= 11 is 1.39. The van der Waals surface area contributed by atoms with Crippen LogP contribution in [0.3, 0.4) is 0 Å². The first-order valence-corrected chi connectivity index (χ1v) is 10.2. The van der Waals surface area contributed by atoms with Crippen molar-refractivity contribution in [2.24, 2.45) is 0 Å². The minimum atomic E-state index is -3.09. The Labute approximate surface area is 140 Å². The fraction of sp³-hybridized carbons (Fsp3) is 0.333. The summed E-state index contributed by atoms with van der Waals surface area (Å²) in [5, 5.41) is 1.30. The van der Waals surface area contributed by atoms with Gasteiger partial charge >= 0.3 is 0 Å². The van der Waals surface area contributed by atoms with E-state index in [0.29, 0.717) is 21.9 Å². The van der Waals surface area contributed by atoms with Gasteiger partial charge in [-0.1, -0.05) is 11.8 Å². The lowest BCUT2D eigenvalue weighted by Gasteiger charge is -2.09. The van der Waals surface area contributed by atoms with E-state index >= 15 is 0 Å². The summed E-state index contributed by atoms with van der Waals surface area (Å²) in [6.07, 6.45) is 0. The maximum Gasteiger partial charge on any atom is 0.278 e. The number of nitrogens with zero attached hydrogens (tertiary/aromatic N) is 2. The van der Waals surface area contributed by atoms with E-state index < -0.39 is 9.84 Å². The van der Waals surface area contributed by atoms with Gasteiger partial charge in [0.05, 0.1) is 24.7 Å². The summed E-state index contributed by atoms with van der Waals surface area (Å²) in [6, 6.07) is 5.20. The molecule has 0 unspecified atom stereocenters. The highest BCUT2D eigenvalue weighted by Crippen LogP contribution is 2.44. The number of aromatic nitrogens is 3. The van der Waals surface area contributed by atoms with Crippen molar-refractivity contribution in [1.82, 2.24) is 14.5 Å². The Bertz CT molecular complexity index is 1180. The van der Waals surface area contributed by atoms with Crippen LogP contribution in [-0.4, -0.2) is 46.8 Å². The van der Waals surface area contributed by atoms with E-state index in [9.17, 15) is 13.2 Å². The molecule has 0 saturated carbocycles. The minimum absolute atomic E-state index is 0.0127. The average molecular weight is 363 g/mol. The number of rotatable bonds is 1. The molecule has 124 valence electrons. The van der Waals surface area contributed by atoms with Gasteiger partial charge in [-0.3, -0.25) is 9.36 Å². The normalized spacial score (nSPS) is 24.4. The zero-order valence-electron chi connectivity index (χ0n) is 12.6. The van der Waals surface area contributed by atoms with Crippen LogP contribution in [0, 0.1) is 0 Å². The summed E-state index contributed by atoms with van der Waals surface area (Å²) < 4.78 is 30.5. The summed E-state index contributed by atoms with van der Waals surface area (Å²) in [5.74, 6) is 0.813. The molecule has 3 aromatic rings. The van der Waals surface area contributed by atoms with Crippen molar-refractivity contribution in [3.05, 3.63) is 28.6 Å². The number of hydrogen-bond acceptors (Lipinski definition) is 6. The van der Waals surface area contributed by atoms with Crippen LogP contribution in [-0.2, 0) is 9.84 Å². The molecule has 7 nitrogen and oxygen atoms in total. The van der Waals surface area contributed by atoms with Crippen LogP contribution in [0.25, 0.3) is 21.9 Å². The first kappa shape index (κ1) is 14.4. The van der Waals surface area contributed by atoms with Gasteiger partial charge in [-0.05, 0) is 18.2 Å². The van der Waals surface area contributed by atoms with Crippen molar-refractivity contribution in [3.63, 3.8) is 0 Å². The van der Waals surface area contributed by atoms with Gasteiger partial charge in [-0.2, -0.15) is 0 Å². The largest absolute Gasteiger partial charge is 0.497 e. The lowest BCUT2D eigenvalue weighted by molar-refractivity contribution is 0.415. The first-order chi connectivity index (χ1) is 11.5. The molecule has 2 atom stereocenters. The second kappa shape index (κ2) is 4.54. The molecule has 5 rings (SSSR count). The number of fused-ring (bicyclic) bond motifs is 6. The van der Waals surface area contributed by atoms with Crippen molar-refractivity contribution in [2.75, 3.05) is 18.6 Å². The molecule has 0 bridgehead atoms. The molecule has 1 saturated heterocycles. The Balaban J connectivity index is 1.80. The summed E-state index contributed by atoms with van der Waals surface area (Å²) in [4.78, 5) is 20.7. The van der Waals surface area contributed by atoms with Crippen LogP contribution in [0.15, 0.2) is 28.2 Å². The number of hydrogen-bond donors (Lipinski definition) is 1. The Morgan fingerprint density at radius 2 is 2.21 bits per heavy atom. The lowest BCUT2D eigenvalue weighted by Crippen LogP contribution is -2.27. The predicted molar refractivity (Wildman–Crippen MR) is 91.7 cm³/mol. The smallest absolute Gasteiger partial charge is 0.278 e. The minimum Gasteiger partial charge on any atom is -0.497 e. The second-order valence-electron chi connectivity index (χ2n) is 6.13. The van der Waals surface area contributed by atoms with Crippen molar-refractivity contribution in [2.45, 2.75) is 16.4 Å². The maximum atomic E-state index is 13.0. The third kappa shape index (κ3) is 1.82. The van der Waals surface area contributed by atoms with Crippen LogP contribution in [0.1, 0.15) is 6.04 Å². The second-order valence-corrected chi connectivity index (χ2v) is 9.49. The van der Waals surface area contributed by atoms with E-state index in [2.05, 4.69) is 9.97 Å². The quantitative estimate of drug-likeness (QED) is 0.656. The van der Waals surface area contributed by atoms with Gasteiger partial charge in [0.2, 0.25) is 0 Å². The molecule has 0 amide bonds. The zero-order valence-corrected chi connectivity index (χ0v) is 14.3. The summed E-state index contributed by atoms with van der Waals surface area (Å²) in [6.45, 7) is 0. The van der Waals surface area contributed by atoms with Gasteiger partial charge < -0.3 is 9.72 Å². The highest BCUT2D eigenvalue weighted by molar-refractivity contribution is 8.02. The molecule has 2 aliphatic heterocycles. The molecule has 0 spiro atoms. The number of methoxy groups -OCH3 is 1. The number of ether oxygens (including phenoxy) is 1. The lowest BCUT2D eigenvalue weighted by atomic mass is 10.2. The highest BCUT2D eigenvalue weighted by atomic mass is 32.2. The third-order valence-corrected chi connectivity index (χ3v) is 7.89. The Hall–Kier alpha value is -2.00. The Morgan fingerprint density at radius 3 is 3.00 bits per heavy atom. The molecule has 24 heavy (non-hydrogen) atoms. The maximum absolute atomic E-state index is 13.0. The van der Waals surface area contributed by atoms with Crippen LogP contribution in [0.2, 0.25) is 0 Å². The van der Waals surface area contributed by atoms with E-state index in [4.69, 9.17) is 4.74 Å². The number of benzene rings is 1. The van der Waals surface area contributed by atoms with Crippen LogP contribution in [0.4, 0.5) is 0 Å². The van der Waals surface area contributed by atoms with Crippen LogP contribution in [0.5, 0.6) is 5.75 Å². The number of H-pyrrole nitrogens is 1. The highest BCUT2D eigenvalue weighted by Gasteiger charge is 2.46. The number of thioether (sulfide) groups is 1. The monoisotopic (exact) mass is 363 g/mol. The number of nitrogens with one attached hydrogen (secondary N) is 1. The summed E-state index contributed by atoms with van der Waals surface area (Å²) in [5.41, 5.74) is 1.62. The van der Waals surface area contributed by atoms with Gasteiger partial charge in [0.15, 0.2) is 15.0 Å². The van der Waals surface area contributed by atoms with Gasteiger partial charge in [0, 0.05) is 16.2 Å². The average Bonchev–Trinajstić information content (AvgIpc) is 3.14. The van der Waals surface area contributed by atoms with Crippen molar-refractivity contribution >= 4 is 43.5 Å². The van der Waals surface area contributed by atoms with E-state index in [0.717, 1.165) is 10.9 Å². The Morgan fingerprint density at radius 1 is 1.38 bits per heavy atom. The molecular weight excluding hydrogens is 350 g/mol. The van der Waals surface area contributed by atoms with Gasteiger partial charge in [-0.15, -0.1) is 0 Å². The fourth-order valence-electron chi connectivity index (χ4n) is 3.57. The zero-order chi connectivity index (χ0) is 16.6. The van der Waals surface area contributed by atoms with Crippen LogP contribution < -0.4 is 10.3 Å². The first-order valence-electron chi connectivity index (χ1n) is 7.46. The number of sulfone groups is 1. The molecule has 1 fully saturated rings. The van der Waals surface area contributed by atoms with Crippen molar-refractivity contribution < 1.29 is 13.2 Å². The molecular formula is C15H13N3O4S2. The molecule has 0 radical (unpaired) electrons. The van der Waals surface area contributed by atoms with Gasteiger partial charge in [0.25, 0.3) is 5.56 Å². The summed E-state index contributed by atoms with van der Waals surface area (Å²) in [7, 11) is -1.50. The topological polar surface area (TPSA) is 94.1 Å². The third-order valence-electron chi connectivity index (χ3n) is 4.69. The van der Waals surface area contributed by atoms with Crippen LogP contribution >= 0.6 is 11.8 Å². The SMILES string of the molecule is COc1ccc2[nH]c3c(=O)n4c(nc3c2c1)S[C@H]1CS(=O)(=O)C[C@@H]14. The molecule has 4 heterocycles. The van der Waals surface area contributed by atoms with Gasteiger partial charge in [0.1, 0.15) is 16.8 Å². The molecule has 9 heteroatoms. The standard InChI is InChI=1S/C15H13N3O4S2/c1-22-7-2-3-9-8(4-7)12-13(16-9)14(19)18-10-5-24(20,21)6-11(10)23-15(18)17-12/h2-4,10-11,16H,5-6H2,1H3/t10-,11-/m0/s1. The molecule has 1 aromatic carbocycles. The molecule has 0 aliphatic carbocycles. The molecule has 2 aliphatic rings. The van der Waals surface area contributed by atoms with Crippen molar-refractivity contribution in [3.8, 4) is 5.75 Å². The predicted octanol–water partition coefficient (Wildman–Crippen LogP) is 1.33. The Kier molecular flexibility index (Phi) is 2.72. The van der Waals surface area contributed by atoms with E-state index in [1.54, 1.807) is 11.7 Å². The molecule has 2 aromatic heterocycles. The van der Waals surface area contributed by atoms with Gasteiger partial charge in [-0.25, -0.2) is 13.4 Å². The van der Waals surface area contributed by atoms with Crippen molar-refractivity contribution in [1.29, 1.82) is 0 Å². The fourth-order valence-corrected chi connectivity index (χ4v) is 7.47.